The summed E-state index contributed by atoms with van der Waals surface area (Å²) in [6.45, 7) is 2.84. The summed E-state index contributed by atoms with van der Waals surface area (Å²) in [5.41, 5.74) is 3.71. The molecule has 31 heavy (non-hydrogen) atoms. The molecule has 1 fully saturated rings. The van der Waals surface area contributed by atoms with Crippen LogP contribution in [-0.2, 0) is 11.3 Å². The fourth-order valence-electron chi connectivity index (χ4n) is 3.87. The number of aromatic nitrogens is 4. The van der Waals surface area contributed by atoms with Crippen molar-refractivity contribution >= 4 is 22.6 Å². The Kier molecular flexibility index (Phi) is 5.65. The molecule has 0 bridgehead atoms. The number of fused-ring (bicyclic) bond motifs is 1. The number of morpholine rings is 1. The van der Waals surface area contributed by atoms with Crippen molar-refractivity contribution in [2.45, 2.75) is 12.8 Å². The van der Waals surface area contributed by atoms with Crippen LogP contribution in [0.25, 0.3) is 33.5 Å². The van der Waals surface area contributed by atoms with E-state index in [0.717, 1.165) is 22.2 Å². The largest absolute Gasteiger partial charge is 0.379 e. The van der Waals surface area contributed by atoms with Gasteiger partial charge in [-0.25, -0.2) is 4.68 Å². The smallest absolute Gasteiger partial charge is 0.182 e. The van der Waals surface area contributed by atoms with E-state index >= 15 is 0 Å². The number of rotatable bonds is 5. The molecule has 1 aliphatic heterocycles. The fourth-order valence-corrected chi connectivity index (χ4v) is 4.19. The van der Waals surface area contributed by atoms with Gasteiger partial charge in [0.15, 0.2) is 5.65 Å². The molecule has 0 radical (unpaired) electrons. The van der Waals surface area contributed by atoms with Crippen molar-refractivity contribution in [1.29, 1.82) is 0 Å². The topological polar surface area (TPSA) is 76.3 Å². The summed E-state index contributed by atoms with van der Waals surface area (Å²) >= 11 is 6.88. The Balaban J connectivity index is 1.62. The summed E-state index contributed by atoms with van der Waals surface area (Å²) in [6.07, 6.45) is -0.704. The quantitative estimate of drug-likeness (QED) is 0.517. The molecule has 4 aromatic rings. The highest BCUT2D eigenvalue weighted by Gasteiger charge is 2.24. The summed E-state index contributed by atoms with van der Waals surface area (Å²) in [7, 11) is 0. The first-order chi connectivity index (χ1) is 15.2. The lowest BCUT2D eigenvalue weighted by atomic mass is 10.1. The molecule has 0 saturated carbocycles. The Morgan fingerprint density at radius 2 is 1.52 bits per heavy atom. The van der Waals surface area contributed by atoms with Crippen LogP contribution < -0.4 is 0 Å². The van der Waals surface area contributed by atoms with Gasteiger partial charge in [0.1, 0.15) is 17.6 Å². The number of hydrogen-bond donors (Lipinski definition) is 1. The minimum Gasteiger partial charge on any atom is -0.379 e. The molecule has 158 valence electrons. The number of aliphatic hydroxyl groups excluding tert-OH is 1. The normalized spacial score (nSPS) is 15.9. The van der Waals surface area contributed by atoms with Crippen LogP contribution in [0.5, 0.6) is 0 Å². The lowest BCUT2D eigenvalue weighted by Gasteiger charge is -2.30. The summed E-state index contributed by atoms with van der Waals surface area (Å²) < 4.78 is 7.09. The van der Waals surface area contributed by atoms with Crippen LogP contribution in [-0.4, -0.2) is 62.5 Å². The molecule has 2 aromatic carbocycles. The summed E-state index contributed by atoms with van der Waals surface area (Å²) in [5, 5.41) is 25.7. The van der Waals surface area contributed by atoms with Crippen LogP contribution in [0.3, 0.4) is 0 Å². The van der Waals surface area contributed by atoms with Crippen LogP contribution >= 0.6 is 11.6 Å². The molecule has 7 nitrogen and oxygen atoms in total. The second kappa shape index (κ2) is 8.72. The molecule has 1 aliphatic rings. The van der Waals surface area contributed by atoms with E-state index in [2.05, 4.69) is 10.2 Å². The van der Waals surface area contributed by atoms with Gasteiger partial charge < -0.3 is 9.84 Å². The Morgan fingerprint density at radius 3 is 2.16 bits per heavy atom. The maximum absolute atomic E-state index is 10.8. The molecule has 1 unspecified atom stereocenters. The third-order valence-corrected chi connectivity index (χ3v) is 5.86. The third kappa shape index (κ3) is 3.93. The second-order valence-electron chi connectivity index (χ2n) is 7.45. The van der Waals surface area contributed by atoms with E-state index in [1.807, 2.05) is 65.6 Å². The SMILES string of the molecule is OC(Cn1nc(-c2ccccc2)c2c(Cl)c(-c3ccccc3)nnc21)N1CCOCC1. The molecule has 1 saturated heterocycles. The zero-order valence-electron chi connectivity index (χ0n) is 16.9. The second-order valence-corrected chi connectivity index (χ2v) is 7.83. The lowest BCUT2D eigenvalue weighted by molar-refractivity contribution is -0.0660. The van der Waals surface area contributed by atoms with Crippen LogP contribution in [0.15, 0.2) is 60.7 Å². The molecule has 5 rings (SSSR count). The highest BCUT2D eigenvalue weighted by atomic mass is 35.5. The van der Waals surface area contributed by atoms with Gasteiger partial charge in [-0.2, -0.15) is 5.10 Å². The monoisotopic (exact) mass is 435 g/mol. The third-order valence-electron chi connectivity index (χ3n) is 5.50. The minimum atomic E-state index is -0.704. The van der Waals surface area contributed by atoms with E-state index in [-0.39, 0.29) is 6.54 Å². The number of benzene rings is 2. The van der Waals surface area contributed by atoms with Gasteiger partial charge in [0.2, 0.25) is 0 Å². The maximum Gasteiger partial charge on any atom is 0.182 e. The van der Waals surface area contributed by atoms with Crippen molar-refractivity contribution in [2.24, 2.45) is 0 Å². The predicted octanol–water partition coefficient (Wildman–Crippen LogP) is 3.46. The van der Waals surface area contributed by atoms with Crippen molar-refractivity contribution in [2.75, 3.05) is 26.3 Å². The molecule has 0 amide bonds. The molecule has 1 atom stereocenters. The fraction of sp³-hybridized carbons (Fsp3) is 0.261. The van der Waals surface area contributed by atoms with Gasteiger partial charge in [0.25, 0.3) is 0 Å². The van der Waals surface area contributed by atoms with Gasteiger partial charge in [-0.1, -0.05) is 72.3 Å². The molecule has 1 N–H and O–H groups in total. The van der Waals surface area contributed by atoms with E-state index in [1.54, 1.807) is 4.68 Å². The number of halogens is 1. The van der Waals surface area contributed by atoms with Crippen molar-refractivity contribution < 1.29 is 9.84 Å². The number of aliphatic hydroxyl groups is 1. The van der Waals surface area contributed by atoms with Crippen LogP contribution in [0.1, 0.15) is 0 Å². The first-order valence-electron chi connectivity index (χ1n) is 10.3. The first-order valence-corrected chi connectivity index (χ1v) is 10.6. The molecule has 3 heterocycles. The molecular weight excluding hydrogens is 414 g/mol. The summed E-state index contributed by atoms with van der Waals surface area (Å²) in [4.78, 5) is 1.98. The number of hydrogen-bond acceptors (Lipinski definition) is 6. The molecule has 8 heteroatoms. The maximum atomic E-state index is 10.8. The first kappa shape index (κ1) is 20.1. The Morgan fingerprint density at radius 1 is 0.903 bits per heavy atom. The molecule has 0 aliphatic carbocycles. The van der Waals surface area contributed by atoms with Crippen molar-refractivity contribution in [1.82, 2.24) is 24.9 Å². The van der Waals surface area contributed by atoms with Gasteiger partial charge in [0.05, 0.1) is 30.2 Å². The minimum absolute atomic E-state index is 0.263. The number of ether oxygens (including phenoxy) is 1. The van der Waals surface area contributed by atoms with Gasteiger partial charge in [0, 0.05) is 24.2 Å². The predicted molar refractivity (Wildman–Crippen MR) is 120 cm³/mol. The van der Waals surface area contributed by atoms with E-state index in [1.165, 1.54) is 0 Å². The summed E-state index contributed by atoms with van der Waals surface area (Å²) in [6, 6.07) is 19.6. The van der Waals surface area contributed by atoms with Crippen LogP contribution in [0.2, 0.25) is 5.02 Å². The summed E-state index contributed by atoms with van der Waals surface area (Å²) in [5.74, 6) is 0. The van der Waals surface area contributed by atoms with Gasteiger partial charge >= 0.3 is 0 Å². The average Bonchev–Trinajstić information content (AvgIpc) is 3.20. The molecular formula is C23H22ClN5O2. The van der Waals surface area contributed by atoms with Crippen molar-refractivity contribution in [3.05, 3.63) is 65.7 Å². The van der Waals surface area contributed by atoms with E-state index < -0.39 is 6.23 Å². The molecule has 0 spiro atoms. The van der Waals surface area contributed by atoms with E-state index in [0.29, 0.717) is 42.7 Å². The standard InChI is InChI=1S/C23H22ClN5O2/c24-20-19-21(16-7-3-1-4-8-16)27-29(15-18(30)28-11-13-31-14-12-28)23(19)26-25-22(20)17-9-5-2-6-10-17/h1-10,18,30H,11-15H2. The Labute approximate surface area is 184 Å². The van der Waals surface area contributed by atoms with E-state index in [9.17, 15) is 5.11 Å². The number of nitrogens with zero attached hydrogens (tertiary/aromatic N) is 5. The Hall–Kier alpha value is -2.84. The molecule has 2 aromatic heterocycles. The van der Waals surface area contributed by atoms with Gasteiger partial charge in [-0.3, -0.25) is 4.90 Å². The zero-order valence-corrected chi connectivity index (χ0v) is 17.6. The lowest BCUT2D eigenvalue weighted by Crippen LogP contribution is -2.45. The highest BCUT2D eigenvalue weighted by molar-refractivity contribution is 6.38. The van der Waals surface area contributed by atoms with Crippen LogP contribution in [0, 0.1) is 0 Å². The van der Waals surface area contributed by atoms with Crippen molar-refractivity contribution in [3.63, 3.8) is 0 Å². The van der Waals surface area contributed by atoms with Crippen molar-refractivity contribution in [3.8, 4) is 22.5 Å². The van der Waals surface area contributed by atoms with Gasteiger partial charge in [-0.05, 0) is 0 Å². The van der Waals surface area contributed by atoms with E-state index in [4.69, 9.17) is 21.4 Å². The Bertz CT molecular complexity index is 1180. The van der Waals surface area contributed by atoms with Crippen LogP contribution in [0.4, 0.5) is 0 Å². The van der Waals surface area contributed by atoms with Gasteiger partial charge in [-0.15, -0.1) is 10.2 Å². The average molecular weight is 436 g/mol. The zero-order chi connectivity index (χ0) is 21.2. The highest BCUT2D eigenvalue weighted by Crippen LogP contribution is 2.37.